The lowest BCUT2D eigenvalue weighted by Gasteiger charge is -2.01. The van der Waals surface area contributed by atoms with Crippen molar-refractivity contribution < 1.29 is 8.42 Å². The normalized spacial score (nSPS) is 12.1. The largest absolute Gasteiger partial charge is 0.336 e. The molecule has 0 aliphatic heterocycles. The number of hydrogen-bond acceptors (Lipinski definition) is 4. The predicted molar refractivity (Wildman–Crippen MR) is 81.8 cm³/mol. The fourth-order valence-corrected chi connectivity index (χ4v) is 4.62. The van der Waals surface area contributed by atoms with Gasteiger partial charge in [-0.15, -0.1) is 11.3 Å². The summed E-state index contributed by atoms with van der Waals surface area (Å²) in [6.07, 6.45) is 3.71. The van der Waals surface area contributed by atoms with Crippen LogP contribution in [-0.2, 0) is 16.9 Å². The van der Waals surface area contributed by atoms with Gasteiger partial charge in [0.25, 0.3) is 0 Å². The van der Waals surface area contributed by atoms with E-state index in [9.17, 15) is 8.42 Å². The summed E-state index contributed by atoms with van der Waals surface area (Å²) >= 11 is 1.32. The van der Waals surface area contributed by atoms with E-state index in [1.54, 1.807) is 19.2 Å². The van der Waals surface area contributed by atoms with Crippen LogP contribution in [0.5, 0.6) is 0 Å². The number of hydrogen-bond donors (Lipinski definition) is 0. The first-order valence-electron chi connectivity index (χ1n) is 6.26. The minimum atomic E-state index is -3.14. The van der Waals surface area contributed by atoms with Crippen molar-refractivity contribution in [2.75, 3.05) is 5.75 Å². The Labute approximate surface area is 121 Å². The Morgan fingerprint density at radius 1 is 1.25 bits per heavy atom. The van der Waals surface area contributed by atoms with Crippen molar-refractivity contribution in [2.45, 2.75) is 11.1 Å². The molecule has 3 rings (SSSR count). The topological polar surface area (TPSA) is 52.0 Å². The van der Waals surface area contributed by atoms with Gasteiger partial charge in [-0.25, -0.2) is 13.4 Å². The van der Waals surface area contributed by atoms with Crippen LogP contribution in [0.4, 0.5) is 0 Å². The fourth-order valence-electron chi connectivity index (χ4n) is 2.15. The van der Waals surface area contributed by atoms with Crippen molar-refractivity contribution in [1.29, 1.82) is 0 Å². The van der Waals surface area contributed by atoms with E-state index in [2.05, 4.69) is 4.98 Å². The Morgan fingerprint density at radius 2 is 2.05 bits per heavy atom. The van der Waals surface area contributed by atoms with Crippen LogP contribution >= 0.6 is 11.3 Å². The molecule has 3 aromatic rings. The molecule has 0 fully saturated rings. The van der Waals surface area contributed by atoms with Crippen LogP contribution < -0.4 is 0 Å². The Morgan fingerprint density at radius 3 is 2.80 bits per heavy atom. The van der Waals surface area contributed by atoms with Gasteiger partial charge in [0.2, 0.25) is 0 Å². The molecule has 0 unspecified atom stereocenters. The minimum Gasteiger partial charge on any atom is -0.336 e. The van der Waals surface area contributed by atoms with E-state index in [0.717, 1.165) is 21.5 Å². The molecular weight excluding hydrogens is 292 g/mol. The van der Waals surface area contributed by atoms with Gasteiger partial charge in [0.1, 0.15) is 9.86 Å². The second-order valence-corrected chi connectivity index (χ2v) is 8.13. The van der Waals surface area contributed by atoms with Crippen LogP contribution in [0.3, 0.4) is 0 Å². The molecule has 0 aromatic carbocycles. The summed E-state index contributed by atoms with van der Waals surface area (Å²) in [7, 11) is -1.19. The van der Waals surface area contributed by atoms with E-state index in [4.69, 9.17) is 0 Å². The van der Waals surface area contributed by atoms with Gasteiger partial charge in [0.05, 0.1) is 5.75 Å². The molecule has 0 aliphatic rings. The highest BCUT2D eigenvalue weighted by Crippen LogP contribution is 2.35. The van der Waals surface area contributed by atoms with Crippen LogP contribution in [0.25, 0.3) is 21.5 Å². The zero-order chi connectivity index (χ0) is 14.3. The minimum absolute atomic E-state index is 0.129. The number of fused-ring (bicyclic) bond motifs is 1. The monoisotopic (exact) mass is 306 g/mol. The van der Waals surface area contributed by atoms with Gasteiger partial charge in [-0.05, 0) is 24.3 Å². The Hall–Kier alpha value is -1.66. The lowest BCUT2D eigenvalue weighted by molar-refractivity contribution is 0.599. The van der Waals surface area contributed by atoms with Crippen LogP contribution in [0, 0.1) is 0 Å². The second-order valence-electron chi connectivity index (χ2n) is 4.54. The Bertz CT molecular complexity index is 876. The molecule has 0 amide bonds. The number of pyridine rings is 1. The standard InChI is InChI=1S/C14H14N2O2S2/c1-3-20(17,18)13-5-4-12(19-13)10-6-8-15-14-11(10)7-9-16(14)2/h4-9H,3H2,1-2H3. The molecule has 0 atom stereocenters. The third-order valence-electron chi connectivity index (χ3n) is 3.30. The van der Waals surface area contributed by atoms with E-state index in [1.165, 1.54) is 11.3 Å². The zero-order valence-electron chi connectivity index (χ0n) is 11.2. The summed E-state index contributed by atoms with van der Waals surface area (Å²) in [5, 5.41) is 1.04. The fraction of sp³-hybridized carbons (Fsp3) is 0.214. The number of rotatable bonds is 3. The van der Waals surface area contributed by atoms with Gasteiger partial charge in [0, 0.05) is 35.3 Å². The molecule has 104 valence electrons. The molecule has 0 aliphatic carbocycles. The highest BCUT2D eigenvalue weighted by molar-refractivity contribution is 7.93. The van der Waals surface area contributed by atoms with Crippen LogP contribution in [0.2, 0.25) is 0 Å². The van der Waals surface area contributed by atoms with Gasteiger partial charge in [-0.2, -0.15) is 0 Å². The van der Waals surface area contributed by atoms with Crippen molar-refractivity contribution in [3.63, 3.8) is 0 Å². The maximum atomic E-state index is 11.9. The van der Waals surface area contributed by atoms with E-state index >= 15 is 0 Å². The molecule has 3 aromatic heterocycles. The number of nitrogens with zero attached hydrogens (tertiary/aromatic N) is 2. The first-order valence-corrected chi connectivity index (χ1v) is 8.73. The first kappa shape index (κ1) is 13.3. The molecule has 0 saturated carbocycles. The van der Waals surface area contributed by atoms with E-state index < -0.39 is 9.84 Å². The molecule has 0 radical (unpaired) electrons. The molecule has 3 heterocycles. The number of sulfone groups is 1. The SMILES string of the molecule is CCS(=O)(=O)c1ccc(-c2ccnc3c2ccn3C)s1. The molecule has 6 heteroatoms. The molecule has 0 bridgehead atoms. The van der Waals surface area contributed by atoms with Crippen molar-refractivity contribution in [1.82, 2.24) is 9.55 Å². The maximum Gasteiger partial charge on any atom is 0.187 e. The van der Waals surface area contributed by atoms with Gasteiger partial charge in [0.15, 0.2) is 9.84 Å². The average Bonchev–Trinajstić information content (AvgIpc) is 3.07. The van der Waals surface area contributed by atoms with Crippen molar-refractivity contribution >= 4 is 32.2 Å². The predicted octanol–water partition coefficient (Wildman–Crippen LogP) is 3.10. The maximum absolute atomic E-state index is 11.9. The molecule has 20 heavy (non-hydrogen) atoms. The van der Waals surface area contributed by atoms with E-state index in [0.29, 0.717) is 4.21 Å². The summed E-state index contributed by atoms with van der Waals surface area (Å²) in [5.41, 5.74) is 1.92. The quantitative estimate of drug-likeness (QED) is 0.747. The van der Waals surface area contributed by atoms with Crippen molar-refractivity contribution in [3.8, 4) is 10.4 Å². The molecular formula is C14H14N2O2S2. The van der Waals surface area contributed by atoms with E-state index in [1.807, 2.05) is 36.0 Å². The number of thiophene rings is 1. The summed E-state index contributed by atoms with van der Waals surface area (Å²) in [6.45, 7) is 1.66. The highest BCUT2D eigenvalue weighted by atomic mass is 32.2. The summed E-state index contributed by atoms with van der Waals surface area (Å²) < 4.78 is 26.2. The van der Waals surface area contributed by atoms with E-state index in [-0.39, 0.29) is 5.75 Å². The van der Waals surface area contributed by atoms with Crippen molar-refractivity contribution in [2.24, 2.45) is 7.05 Å². The summed E-state index contributed by atoms with van der Waals surface area (Å²) in [6, 6.07) is 7.49. The van der Waals surface area contributed by atoms with Crippen LogP contribution in [-0.4, -0.2) is 23.7 Å². The van der Waals surface area contributed by atoms with Gasteiger partial charge in [-0.3, -0.25) is 0 Å². The molecule has 0 saturated heterocycles. The van der Waals surface area contributed by atoms with Crippen LogP contribution in [0.1, 0.15) is 6.92 Å². The molecule has 4 nitrogen and oxygen atoms in total. The molecule has 0 spiro atoms. The number of aromatic nitrogens is 2. The lowest BCUT2D eigenvalue weighted by Crippen LogP contribution is -2.00. The number of aryl methyl sites for hydroxylation is 1. The summed E-state index contributed by atoms with van der Waals surface area (Å²) in [5.74, 6) is 0.129. The zero-order valence-corrected chi connectivity index (χ0v) is 12.8. The van der Waals surface area contributed by atoms with Crippen LogP contribution in [0.15, 0.2) is 40.9 Å². The van der Waals surface area contributed by atoms with Gasteiger partial charge in [-0.1, -0.05) is 6.92 Å². The Balaban J connectivity index is 2.17. The highest BCUT2D eigenvalue weighted by Gasteiger charge is 2.16. The Kier molecular flexibility index (Phi) is 3.14. The average molecular weight is 306 g/mol. The van der Waals surface area contributed by atoms with Gasteiger partial charge < -0.3 is 4.57 Å². The second kappa shape index (κ2) is 4.71. The van der Waals surface area contributed by atoms with Crippen molar-refractivity contribution in [3.05, 3.63) is 36.7 Å². The summed E-state index contributed by atoms with van der Waals surface area (Å²) in [4.78, 5) is 5.30. The third kappa shape index (κ3) is 2.05. The smallest absolute Gasteiger partial charge is 0.187 e. The first-order chi connectivity index (χ1) is 9.53. The molecule has 0 N–H and O–H groups in total. The lowest BCUT2D eigenvalue weighted by atomic mass is 10.1. The van der Waals surface area contributed by atoms with Gasteiger partial charge >= 0.3 is 0 Å². The third-order valence-corrected chi connectivity index (χ3v) is 6.74.